The highest BCUT2D eigenvalue weighted by Gasteiger charge is 2.15. The summed E-state index contributed by atoms with van der Waals surface area (Å²) in [6.07, 6.45) is 1.80. The first kappa shape index (κ1) is 12.9. The van der Waals surface area contributed by atoms with Crippen LogP contribution in [0.2, 0.25) is 0 Å². The molecular weight excluding hydrogens is 252 g/mol. The quantitative estimate of drug-likeness (QED) is 0.902. The fourth-order valence-corrected chi connectivity index (χ4v) is 2.26. The van der Waals surface area contributed by atoms with Crippen LogP contribution in [0.25, 0.3) is 11.1 Å². The van der Waals surface area contributed by atoms with Crippen LogP contribution in [0, 0.1) is 6.92 Å². The van der Waals surface area contributed by atoms with Crippen molar-refractivity contribution in [2.45, 2.75) is 6.92 Å². The molecule has 0 radical (unpaired) electrons. The molecule has 0 spiro atoms. The molecule has 1 aliphatic heterocycles. The van der Waals surface area contributed by atoms with Crippen molar-refractivity contribution < 1.29 is 4.74 Å². The van der Waals surface area contributed by atoms with Crippen molar-refractivity contribution in [3.05, 3.63) is 36.0 Å². The SMILES string of the molecule is Cc1ccc(-c2cnc(N3CCOCC3)nc2N)cc1. The molecule has 0 aliphatic carbocycles. The maximum Gasteiger partial charge on any atom is 0.227 e. The lowest BCUT2D eigenvalue weighted by molar-refractivity contribution is 0.122. The highest BCUT2D eigenvalue weighted by atomic mass is 16.5. The summed E-state index contributed by atoms with van der Waals surface area (Å²) in [5.41, 5.74) is 9.23. The molecule has 2 N–H and O–H groups in total. The van der Waals surface area contributed by atoms with Gasteiger partial charge in [-0.2, -0.15) is 4.98 Å². The fraction of sp³-hybridized carbons (Fsp3) is 0.333. The Morgan fingerprint density at radius 3 is 2.50 bits per heavy atom. The second kappa shape index (κ2) is 5.46. The molecule has 0 saturated carbocycles. The van der Waals surface area contributed by atoms with E-state index in [4.69, 9.17) is 10.5 Å². The molecule has 0 atom stereocenters. The lowest BCUT2D eigenvalue weighted by Gasteiger charge is -2.26. The number of benzene rings is 1. The number of aromatic nitrogens is 2. The van der Waals surface area contributed by atoms with E-state index in [2.05, 4.69) is 33.9 Å². The van der Waals surface area contributed by atoms with Crippen LogP contribution in [0.3, 0.4) is 0 Å². The van der Waals surface area contributed by atoms with E-state index >= 15 is 0 Å². The summed E-state index contributed by atoms with van der Waals surface area (Å²) in [6.45, 7) is 5.10. The van der Waals surface area contributed by atoms with Gasteiger partial charge in [-0.05, 0) is 12.5 Å². The Bertz CT molecular complexity index is 591. The summed E-state index contributed by atoms with van der Waals surface area (Å²) in [6, 6.07) is 8.20. The zero-order valence-electron chi connectivity index (χ0n) is 11.5. The van der Waals surface area contributed by atoms with Crippen molar-refractivity contribution in [1.82, 2.24) is 9.97 Å². The summed E-state index contributed by atoms with van der Waals surface area (Å²) >= 11 is 0. The smallest absolute Gasteiger partial charge is 0.227 e. The van der Waals surface area contributed by atoms with E-state index < -0.39 is 0 Å². The topological polar surface area (TPSA) is 64.3 Å². The van der Waals surface area contributed by atoms with Gasteiger partial charge in [-0.25, -0.2) is 4.98 Å². The maximum atomic E-state index is 6.09. The first-order chi connectivity index (χ1) is 9.74. The van der Waals surface area contributed by atoms with Crippen molar-refractivity contribution >= 4 is 11.8 Å². The molecule has 20 heavy (non-hydrogen) atoms. The first-order valence-corrected chi connectivity index (χ1v) is 6.76. The van der Waals surface area contributed by atoms with E-state index in [-0.39, 0.29) is 0 Å². The minimum absolute atomic E-state index is 0.519. The summed E-state index contributed by atoms with van der Waals surface area (Å²) in [7, 11) is 0. The summed E-state index contributed by atoms with van der Waals surface area (Å²) in [5.74, 6) is 1.20. The minimum atomic E-state index is 0.519. The Hall–Kier alpha value is -2.14. The van der Waals surface area contributed by atoms with Crippen molar-refractivity contribution in [3.8, 4) is 11.1 Å². The second-order valence-electron chi connectivity index (χ2n) is 4.93. The zero-order chi connectivity index (χ0) is 13.9. The fourth-order valence-electron chi connectivity index (χ4n) is 2.26. The predicted octanol–water partition coefficient (Wildman–Crippen LogP) is 1.87. The summed E-state index contributed by atoms with van der Waals surface area (Å²) < 4.78 is 5.33. The van der Waals surface area contributed by atoms with Crippen LogP contribution in [-0.4, -0.2) is 36.3 Å². The van der Waals surface area contributed by atoms with Gasteiger partial charge in [0.15, 0.2) is 0 Å². The van der Waals surface area contributed by atoms with Crippen LogP contribution in [0.4, 0.5) is 11.8 Å². The number of hydrogen-bond acceptors (Lipinski definition) is 5. The van der Waals surface area contributed by atoms with E-state index in [0.717, 1.165) is 24.2 Å². The van der Waals surface area contributed by atoms with Gasteiger partial charge in [0.1, 0.15) is 5.82 Å². The average molecular weight is 270 g/mol. The Morgan fingerprint density at radius 2 is 1.85 bits per heavy atom. The molecule has 2 heterocycles. The normalized spacial score (nSPS) is 15.3. The maximum absolute atomic E-state index is 6.09. The van der Waals surface area contributed by atoms with E-state index in [9.17, 15) is 0 Å². The van der Waals surface area contributed by atoms with E-state index in [1.807, 2.05) is 12.1 Å². The molecule has 0 bridgehead atoms. The molecule has 1 aromatic heterocycles. The number of nitrogens with zero attached hydrogens (tertiary/aromatic N) is 3. The van der Waals surface area contributed by atoms with Gasteiger partial charge in [0.2, 0.25) is 5.95 Å². The molecular formula is C15H18N4O. The van der Waals surface area contributed by atoms with Crippen LogP contribution in [0.5, 0.6) is 0 Å². The zero-order valence-corrected chi connectivity index (χ0v) is 11.5. The molecule has 1 aliphatic rings. The molecule has 0 unspecified atom stereocenters. The molecule has 2 aromatic rings. The number of nitrogen functional groups attached to an aromatic ring is 1. The molecule has 5 heteroatoms. The number of anilines is 2. The monoisotopic (exact) mass is 270 g/mol. The van der Waals surface area contributed by atoms with Gasteiger partial charge >= 0.3 is 0 Å². The number of nitrogens with two attached hydrogens (primary N) is 1. The summed E-state index contributed by atoms with van der Waals surface area (Å²) in [4.78, 5) is 11.0. The van der Waals surface area contributed by atoms with E-state index in [0.29, 0.717) is 25.0 Å². The third-order valence-electron chi connectivity index (χ3n) is 3.46. The molecule has 0 amide bonds. The van der Waals surface area contributed by atoms with Crippen LogP contribution < -0.4 is 10.6 Å². The van der Waals surface area contributed by atoms with Gasteiger partial charge in [-0.15, -0.1) is 0 Å². The third kappa shape index (κ3) is 2.58. The Kier molecular flexibility index (Phi) is 3.52. The highest BCUT2D eigenvalue weighted by molar-refractivity contribution is 5.73. The highest BCUT2D eigenvalue weighted by Crippen LogP contribution is 2.25. The van der Waals surface area contributed by atoms with Crippen molar-refractivity contribution in [3.63, 3.8) is 0 Å². The standard InChI is InChI=1S/C15H18N4O/c1-11-2-4-12(5-3-11)13-10-17-15(18-14(13)16)19-6-8-20-9-7-19/h2-5,10H,6-9H2,1H3,(H2,16,17,18). The van der Waals surface area contributed by atoms with Crippen LogP contribution in [0.1, 0.15) is 5.56 Å². The van der Waals surface area contributed by atoms with Crippen LogP contribution in [-0.2, 0) is 4.74 Å². The molecule has 104 valence electrons. The molecule has 5 nitrogen and oxygen atoms in total. The molecule has 1 saturated heterocycles. The first-order valence-electron chi connectivity index (χ1n) is 6.76. The van der Waals surface area contributed by atoms with Gasteiger partial charge in [0, 0.05) is 24.8 Å². The summed E-state index contributed by atoms with van der Waals surface area (Å²) in [5, 5.41) is 0. The third-order valence-corrected chi connectivity index (χ3v) is 3.46. The van der Waals surface area contributed by atoms with Crippen LogP contribution in [0.15, 0.2) is 30.5 Å². The predicted molar refractivity (Wildman–Crippen MR) is 79.6 cm³/mol. The van der Waals surface area contributed by atoms with Gasteiger partial charge in [-0.1, -0.05) is 29.8 Å². The second-order valence-corrected chi connectivity index (χ2v) is 4.93. The Balaban J connectivity index is 1.88. The Morgan fingerprint density at radius 1 is 1.15 bits per heavy atom. The Labute approximate surface area is 118 Å². The van der Waals surface area contributed by atoms with Gasteiger partial charge in [0.05, 0.1) is 13.2 Å². The van der Waals surface area contributed by atoms with Gasteiger partial charge in [-0.3, -0.25) is 0 Å². The van der Waals surface area contributed by atoms with Crippen molar-refractivity contribution in [2.75, 3.05) is 36.9 Å². The van der Waals surface area contributed by atoms with Crippen molar-refractivity contribution in [2.24, 2.45) is 0 Å². The number of aryl methyl sites for hydroxylation is 1. The van der Waals surface area contributed by atoms with Crippen LogP contribution >= 0.6 is 0 Å². The molecule has 1 aromatic carbocycles. The minimum Gasteiger partial charge on any atom is -0.383 e. The lowest BCUT2D eigenvalue weighted by atomic mass is 10.1. The van der Waals surface area contributed by atoms with Gasteiger partial charge < -0.3 is 15.4 Å². The number of ether oxygens (including phenoxy) is 1. The number of morpholine rings is 1. The van der Waals surface area contributed by atoms with Crippen molar-refractivity contribution in [1.29, 1.82) is 0 Å². The number of rotatable bonds is 2. The van der Waals surface area contributed by atoms with E-state index in [1.165, 1.54) is 5.56 Å². The average Bonchev–Trinajstić information content (AvgIpc) is 2.49. The largest absolute Gasteiger partial charge is 0.383 e. The van der Waals surface area contributed by atoms with Gasteiger partial charge in [0.25, 0.3) is 0 Å². The lowest BCUT2D eigenvalue weighted by Crippen LogP contribution is -2.37. The van der Waals surface area contributed by atoms with E-state index in [1.54, 1.807) is 6.20 Å². The molecule has 3 rings (SSSR count). The molecule has 1 fully saturated rings. The number of hydrogen-bond donors (Lipinski definition) is 1.